The van der Waals surface area contributed by atoms with E-state index in [4.69, 9.17) is 17.0 Å². The van der Waals surface area contributed by atoms with Gasteiger partial charge in [0.2, 0.25) is 5.88 Å². The molecule has 0 fully saturated rings. The minimum atomic E-state index is 0.0530. The minimum absolute atomic E-state index is 0.0530. The van der Waals surface area contributed by atoms with Crippen LogP contribution in [0.25, 0.3) is 0 Å². The number of nitrogens with zero attached hydrogens (tertiary/aromatic N) is 1. The van der Waals surface area contributed by atoms with Gasteiger partial charge in [-0.15, -0.1) is 0 Å². The monoisotopic (exact) mass is 266 g/mol. The number of benzene rings is 1. The standard InChI is InChI=1S/C11H10N2O2S2/c1-15-8-4-2-7(3-5-8)12-6-9-10(14)13-11(16)17-9/h2-6,14H,1H3,(H,13,16). The normalized spacial score (nSPS) is 10.9. The second kappa shape index (κ2) is 5.11. The molecule has 0 unspecified atom stereocenters. The Morgan fingerprint density at radius 1 is 1.41 bits per heavy atom. The van der Waals surface area contributed by atoms with Gasteiger partial charge in [-0.1, -0.05) is 11.3 Å². The number of ether oxygens (including phenoxy) is 1. The molecule has 2 N–H and O–H groups in total. The largest absolute Gasteiger partial charge is 0.497 e. The summed E-state index contributed by atoms with van der Waals surface area (Å²) in [5, 5.41) is 9.47. The summed E-state index contributed by atoms with van der Waals surface area (Å²) in [7, 11) is 1.61. The Kier molecular flexibility index (Phi) is 3.55. The molecule has 0 saturated heterocycles. The van der Waals surface area contributed by atoms with E-state index >= 15 is 0 Å². The number of aromatic hydroxyl groups is 1. The number of nitrogens with one attached hydrogen (secondary N) is 1. The molecule has 4 nitrogen and oxygen atoms in total. The maximum absolute atomic E-state index is 9.47. The van der Waals surface area contributed by atoms with Gasteiger partial charge in [-0.2, -0.15) is 0 Å². The molecule has 0 spiro atoms. The van der Waals surface area contributed by atoms with Gasteiger partial charge in [0.25, 0.3) is 0 Å². The average molecular weight is 266 g/mol. The summed E-state index contributed by atoms with van der Waals surface area (Å²) in [6.07, 6.45) is 1.58. The maximum Gasteiger partial charge on any atom is 0.209 e. The van der Waals surface area contributed by atoms with Crippen LogP contribution in [0.5, 0.6) is 11.6 Å². The fourth-order valence-electron chi connectivity index (χ4n) is 1.22. The summed E-state index contributed by atoms with van der Waals surface area (Å²) in [5.74, 6) is 0.835. The van der Waals surface area contributed by atoms with Crippen LogP contribution in [0.1, 0.15) is 4.88 Å². The molecule has 0 radical (unpaired) electrons. The van der Waals surface area contributed by atoms with Crippen LogP contribution in [-0.4, -0.2) is 23.4 Å². The Bertz CT molecular complexity index is 584. The van der Waals surface area contributed by atoms with Crippen molar-refractivity contribution in [1.82, 2.24) is 4.98 Å². The number of hydrogen-bond donors (Lipinski definition) is 2. The minimum Gasteiger partial charge on any atom is -0.497 e. The first-order valence-electron chi connectivity index (χ1n) is 4.79. The molecule has 0 bridgehead atoms. The van der Waals surface area contributed by atoms with Gasteiger partial charge in [0.05, 0.1) is 19.0 Å². The van der Waals surface area contributed by atoms with Crippen LogP contribution >= 0.6 is 23.6 Å². The fourth-order valence-corrected chi connectivity index (χ4v) is 2.19. The van der Waals surface area contributed by atoms with Gasteiger partial charge >= 0.3 is 0 Å². The lowest BCUT2D eigenvalue weighted by Crippen LogP contribution is -1.80. The molecule has 88 valence electrons. The van der Waals surface area contributed by atoms with Crippen molar-refractivity contribution in [3.63, 3.8) is 0 Å². The van der Waals surface area contributed by atoms with Crippen molar-refractivity contribution in [2.45, 2.75) is 0 Å². The van der Waals surface area contributed by atoms with Crippen LogP contribution in [0.15, 0.2) is 29.3 Å². The first-order chi connectivity index (χ1) is 8.19. The molecule has 2 aromatic rings. The molecule has 1 heterocycles. The summed E-state index contributed by atoms with van der Waals surface area (Å²) >= 11 is 6.19. The summed E-state index contributed by atoms with van der Waals surface area (Å²) in [5.41, 5.74) is 0.782. The third kappa shape index (κ3) is 2.92. The van der Waals surface area contributed by atoms with Gasteiger partial charge in [-0.25, -0.2) is 0 Å². The number of rotatable bonds is 3. The zero-order chi connectivity index (χ0) is 12.3. The van der Waals surface area contributed by atoms with Crippen LogP contribution < -0.4 is 4.74 Å². The molecule has 0 amide bonds. The van der Waals surface area contributed by atoms with E-state index in [2.05, 4.69) is 9.98 Å². The highest BCUT2D eigenvalue weighted by atomic mass is 32.1. The summed E-state index contributed by atoms with van der Waals surface area (Å²) in [6, 6.07) is 7.31. The van der Waals surface area contributed by atoms with Gasteiger partial charge < -0.3 is 14.8 Å². The van der Waals surface area contributed by atoms with Crippen molar-refractivity contribution in [2.75, 3.05) is 7.11 Å². The van der Waals surface area contributed by atoms with E-state index in [0.29, 0.717) is 8.83 Å². The van der Waals surface area contributed by atoms with Crippen LogP contribution in [0.2, 0.25) is 0 Å². The average Bonchev–Trinajstić information content (AvgIpc) is 2.66. The van der Waals surface area contributed by atoms with E-state index in [1.54, 1.807) is 13.3 Å². The van der Waals surface area contributed by atoms with Crippen molar-refractivity contribution < 1.29 is 9.84 Å². The first-order valence-corrected chi connectivity index (χ1v) is 6.01. The smallest absolute Gasteiger partial charge is 0.209 e. The molecule has 0 saturated carbocycles. The Labute approximate surface area is 107 Å². The zero-order valence-corrected chi connectivity index (χ0v) is 10.6. The second-order valence-corrected chi connectivity index (χ2v) is 4.90. The predicted molar refractivity (Wildman–Crippen MR) is 71.4 cm³/mol. The van der Waals surface area contributed by atoms with E-state index in [1.807, 2.05) is 24.3 Å². The topological polar surface area (TPSA) is 57.6 Å². The van der Waals surface area contributed by atoms with Gasteiger partial charge in [-0.05, 0) is 36.5 Å². The summed E-state index contributed by atoms with van der Waals surface area (Å²) < 4.78 is 5.57. The molecule has 0 aliphatic rings. The number of methoxy groups -OCH3 is 1. The molecule has 2 rings (SSSR count). The van der Waals surface area contributed by atoms with Gasteiger partial charge in [0.1, 0.15) is 10.6 Å². The summed E-state index contributed by atoms with van der Waals surface area (Å²) in [4.78, 5) is 7.49. The quantitative estimate of drug-likeness (QED) is 0.662. The first kappa shape index (κ1) is 11.8. The third-order valence-electron chi connectivity index (χ3n) is 2.06. The number of aromatic amines is 1. The Hall–Kier alpha value is -1.66. The molecule has 1 aromatic carbocycles. The number of thiazole rings is 1. The molecular weight excluding hydrogens is 256 g/mol. The number of H-pyrrole nitrogens is 1. The SMILES string of the molecule is COc1ccc(N=Cc2sc(=S)[nH]c2O)cc1. The van der Waals surface area contributed by atoms with Crippen molar-refractivity contribution >= 4 is 35.5 Å². The van der Waals surface area contributed by atoms with E-state index in [0.717, 1.165) is 11.4 Å². The lowest BCUT2D eigenvalue weighted by molar-refractivity contribution is 0.415. The summed E-state index contributed by atoms with van der Waals surface area (Å²) in [6.45, 7) is 0. The number of aliphatic imine (C=N–C) groups is 1. The highest BCUT2D eigenvalue weighted by Crippen LogP contribution is 2.21. The predicted octanol–water partition coefficient (Wildman–Crippen LogP) is 3.27. The maximum atomic E-state index is 9.47. The molecule has 17 heavy (non-hydrogen) atoms. The van der Waals surface area contributed by atoms with Crippen LogP contribution in [0, 0.1) is 3.95 Å². The van der Waals surface area contributed by atoms with Crippen molar-refractivity contribution in [3.05, 3.63) is 33.1 Å². The van der Waals surface area contributed by atoms with Crippen molar-refractivity contribution in [3.8, 4) is 11.6 Å². The Morgan fingerprint density at radius 2 is 2.12 bits per heavy atom. The van der Waals surface area contributed by atoms with E-state index < -0.39 is 0 Å². The van der Waals surface area contributed by atoms with Crippen molar-refractivity contribution in [1.29, 1.82) is 0 Å². The van der Waals surface area contributed by atoms with Crippen molar-refractivity contribution in [2.24, 2.45) is 4.99 Å². The lowest BCUT2D eigenvalue weighted by atomic mass is 10.3. The molecule has 6 heteroatoms. The molecule has 0 aliphatic carbocycles. The van der Waals surface area contributed by atoms with E-state index in [-0.39, 0.29) is 5.88 Å². The van der Waals surface area contributed by atoms with Gasteiger partial charge in [0, 0.05) is 0 Å². The molecular formula is C11H10N2O2S2. The Balaban J connectivity index is 2.19. The molecule has 0 aliphatic heterocycles. The van der Waals surface area contributed by atoms with E-state index in [9.17, 15) is 5.11 Å². The Morgan fingerprint density at radius 3 is 2.65 bits per heavy atom. The van der Waals surface area contributed by atoms with Gasteiger partial charge in [-0.3, -0.25) is 4.99 Å². The van der Waals surface area contributed by atoms with Crippen LogP contribution in [-0.2, 0) is 0 Å². The third-order valence-corrected chi connectivity index (χ3v) is 3.22. The molecule has 1 aromatic heterocycles. The van der Waals surface area contributed by atoms with E-state index in [1.165, 1.54) is 11.3 Å². The lowest BCUT2D eigenvalue weighted by Gasteiger charge is -1.98. The fraction of sp³-hybridized carbons (Fsp3) is 0.0909. The van der Waals surface area contributed by atoms with Gasteiger partial charge in [0.15, 0.2) is 3.95 Å². The zero-order valence-electron chi connectivity index (χ0n) is 9.01. The number of hydrogen-bond acceptors (Lipinski definition) is 5. The molecule has 0 atom stereocenters. The highest BCUT2D eigenvalue weighted by Gasteiger charge is 2.01. The van der Waals surface area contributed by atoms with Crippen LogP contribution in [0.4, 0.5) is 5.69 Å². The highest BCUT2D eigenvalue weighted by molar-refractivity contribution is 7.73. The number of aromatic nitrogens is 1. The van der Waals surface area contributed by atoms with Crippen LogP contribution in [0.3, 0.4) is 0 Å². The second-order valence-electron chi connectivity index (χ2n) is 3.18.